The standard InChI is InChI=1S/C51H32N4O/c1-5-15-33(16-6-1)48-53-49(34-17-7-2-8-18-34)55-50(54-48)42-31-52-32-46-47(42)41-29-35(26-28-45(41)56-46)36-25-27-40-39-23-13-14-24-43(39)51(44(40)30-36,37-19-9-3-10-20-37)38-21-11-4-12-22-38/h1-32H. The van der Waals surface area contributed by atoms with Crippen LogP contribution in [0.1, 0.15) is 22.3 Å². The normalized spacial score (nSPS) is 12.8. The molecule has 0 aliphatic heterocycles. The van der Waals surface area contributed by atoms with Gasteiger partial charge in [0.15, 0.2) is 23.1 Å². The van der Waals surface area contributed by atoms with E-state index in [9.17, 15) is 0 Å². The molecule has 0 amide bonds. The Balaban J connectivity index is 1.12. The maximum absolute atomic E-state index is 6.47. The van der Waals surface area contributed by atoms with Gasteiger partial charge in [-0.05, 0) is 62.7 Å². The second kappa shape index (κ2) is 12.8. The van der Waals surface area contributed by atoms with Gasteiger partial charge in [-0.2, -0.15) is 0 Å². The smallest absolute Gasteiger partial charge is 0.166 e. The third-order valence-electron chi connectivity index (χ3n) is 11.1. The van der Waals surface area contributed by atoms with E-state index in [4.69, 9.17) is 19.4 Å². The Bertz CT molecular complexity index is 2970. The van der Waals surface area contributed by atoms with Crippen molar-refractivity contribution in [2.75, 3.05) is 0 Å². The minimum absolute atomic E-state index is 0.485. The highest BCUT2D eigenvalue weighted by atomic mass is 16.3. The van der Waals surface area contributed by atoms with Gasteiger partial charge >= 0.3 is 0 Å². The molecule has 0 fully saturated rings. The second-order valence-corrected chi connectivity index (χ2v) is 14.2. The van der Waals surface area contributed by atoms with Crippen LogP contribution in [0, 0.1) is 0 Å². The van der Waals surface area contributed by atoms with E-state index < -0.39 is 5.41 Å². The summed E-state index contributed by atoms with van der Waals surface area (Å²) in [5, 5.41) is 1.89. The fraction of sp³-hybridized carbons (Fsp3) is 0.0196. The van der Waals surface area contributed by atoms with Crippen LogP contribution in [0.3, 0.4) is 0 Å². The third-order valence-corrected chi connectivity index (χ3v) is 11.1. The third kappa shape index (κ3) is 4.95. The van der Waals surface area contributed by atoms with Gasteiger partial charge in [0.2, 0.25) is 0 Å². The highest BCUT2D eigenvalue weighted by Crippen LogP contribution is 2.56. The lowest BCUT2D eigenvalue weighted by Gasteiger charge is -2.34. The number of fused-ring (bicyclic) bond motifs is 6. The number of rotatable bonds is 6. The van der Waals surface area contributed by atoms with E-state index in [-0.39, 0.29) is 0 Å². The molecular formula is C51H32N4O. The summed E-state index contributed by atoms with van der Waals surface area (Å²) in [5.74, 6) is 1.73. The van der Waals surface area contributed by atoms with Crippen molar-refractivity contribution < 1.29 is 4.42 Å². The van der Waals surface area contributed by atoms with Crippen molar-refractivity contribution in [1.29, 1.82) is 0 Å². The van der Waals surface area contributed by atoms with Crippen LogP contribution in [0.15, 0.2) is 199 Å². The first-order valence-corrected chi connectivity index (χ1v) is 18.8. The summed E-state index contributed by atoms with van der Waals surface area (Å²) in [7, 11) is 0. The minimum Gasteiger partial charge on any atom is -0.454 e. The van der Waals surface area contributed by atoms with Crippen molar-refractivity contribution in [2.45, 2.75) is 5.41 Å². The largest absolute Gasteiger partial charge is 0.454 e. The average molecular weight is 717 g/mol. The van der Waals surface area contributed by atoms with Crippen molar-refractivity contribution >= 4 is 21.9 Å². The Morgan fingerprint density at radius 2 is 0.911 bits per heavy atom. The summed E-state index contributed by atoms with van der Waals surface area (Å²) in [4.78, 5) is 19.6. The molecule has 0 spiro atoms. The maximum atomic E-state index is 6.47. The topological polar surface area (TPSA) is 64.7 Å². The van der Waals surface area contributed by atoms with Gasteiger partial charge in [0.25, 0.3) is 0 Å². The van der Waals surface area contributed by atoms with Crippen LogP contribution in [0.4, 0.5) is 0 Å². The van der Waals surface area contributed by atoms with Gasteiger partial charge in [-0.25, -0.2) is 15.0 Å². The zero-order valence-corrected chi connectivity index (χ0v) is 30.2. The Hall–Kier alpha value is -7.50. The van der Waals surface area contributed by atoms with Gasteiger partial charge in [-0.3, -0.25) is 4.98 Å². The highest BCUT2D eigenvalue weighted by molar-refractivity contribution is 6.12. The molecule has 3 heterocycles. The summed E-state index contributed by atoms with van der Waals surface area (Å²) >= 11 is 0. The SMILES string of the molecule is c1ccc(-c2nc(-c3ccccc3)nc(-c3cncc4oc5ccc(-c6ccc7c(c6)C(c6ccccc6)(c6ccccc6)c6ccccc6-7)cc5c34)n2)cc1. The van der Waals surface area contributed by atoms with Crippen LogP contribution < -0.4 is 0 Å². The van der Waals surface area contributed by atoms with E-state index in [2.05, 4.69) is 126 Å². The minimum atomic E-state index is -0.485. The van der Waals surface area contributed by atoms with Crippen molar-refractivity contribution in [3.05, 3.63) is 217 Å². The Labute approximate surface area is 323 Å². The van der Waals surface area contributed by atoms with E-state index in [1.165, 1.54) is 33.4 Å². The molecule has 10 aromatic rings. The second-order valence-electron chi connectivity index (χ2n) is 14.2. The first-order chi connectivity index (χ1) is 27.8. The lowest BCUT2D eigenvalue weighted by molar-refractivity contribution is 0.667. The molecule has 0 atom stereocenters. The number of hydrogen-bond donors (Lipinski definition) is 0. The van der Waals surface area contributed by atoms with Gasteiger partial charge in [-0.15, -0.1) is 0 Å². The van der Waals surface area contributed by atoms with Crippen molar-refractivity contribution in [2.24, 2.45) is 0 Å². The number of pyridine rings is 1. The quantitative estimate of drug-likeness (QED) is 0.171. The molecule has 0 radical (unpaired) electrons. The highest BCUT2D eigenvalue weighted by Gasteiger charge is 2.46. The van der Waals surface area contributed by atoms with Crippen molar-refractivity contribution in [1.82, 2.24) is 19.9 Å². The van der Waals surface area contributed by atoms with Crippen molar-refractivity contribution in [3.8, 4) is 56.4 Å². The monoisotopic (exact) mass is 716 g/mol. The zero-order chi connectivity index (χ0) is 37.1. The van der Waals surface area contributed by atoms with Crippen LogP contribution in [0.5, 0.6) is 0 Å². The number of hydrogen-bond acceptors (Lipinski definition) is 5. The summed E-state index contributed by atoms with van der Waals surface area (Å²) in [6, 6.07) is 64.1. The number of furan rings is 1. The number of nitrogens with zero attached hydrogens (tertiary/aromatic N) is 4. The molecule has 0 saturated heterocycles. The zero-order valence-electron chi connectivity index (χ0n) is 30.2. The van der Waals surface area contributed by atoms with E-state index in [1.807, 2.05) is 66.9 Å². The van der Waals surface area contributed by atoms with Gasteiger partial charge in [0, 0.05) is 33.7 Å². The molecule has 262 valence electrons. The van der Waals surface area contributed by atoms with E-state index in [1.54, 1.807) is 6.20 Å². The lowest BCUT2D eigenvalue weighted by atomic mass is 9.67. The summed E-state index contributed by atoms with van der Waals surface area (Å²) in [5.41, 5.74) is 13.3. The summed E-state index contributed by atoms with van der Waals surface area (Å²) in [6.45, 7) is 0. The molecule has 1 aliphatic carbocycles. The average Bonchev–Trinajstić information content (AvgIpc) is 3.81. The number of benzene rings is 7. The molecule has 0 bridgehead atoms. The van der Waals surface area contributed by atoms with Crippen LogP contribution in [-0.4, -0.2) is 19.9 Å². The Morgan fingerprint density at radius 3 is 1.57 bits per heavy atom. The fourth-order valence-corrected chi connectivity index (χ4v) is 8.63. The molecular weight excluding hydrogens is 685 g/mol. The van der Waals surface area contributed by atoms with Gasteiger partial charge in [0.1, 0.15) is 5.58 Å². The molecule has 5 heteroatoms. The molecule has 0 unspecified atom stereocenters. The van der Waals surface area contributed by atoms with Crippen LogP contribution >= 0.6 is 0 Å². The maximum Gasteiger partial charge on any atom is 0.166 e. The molecule has 3 aromatic heterocycles. The Morgan fingerprint density at radius 1 is 0.375 bits per heavy atom. The molecule has 7 aromatic carbocycles. The molecule has 0 saturated carbocycles. The predicted octanol–water partition coefficient (Wildman–Crippen LogP) is 12.2. The summed E-state index contributed by atoms with van der Waals surface area (Å²) in [6.07, 6.45) is 3.61. The Kier molecular flexibility index (Phi) is 7.32. The molecule has 5 nitrogen and oxygen atoms in total. The van der Waals surface area contributed by atoms with Crippen molar-refractivity contribution in [3.63, 3.8) is 0 Å². The first kappa shape index (κ1) is 32.0. The molecule has 56 heavy (non-hydrogen) atoms. The van der Waals surface area contributed by atoms with Gasteiger partial charge in [-0.1, -0.05) is 164 Å². The van der Waals surface area contributed by atoms with E-state index in [0.29, 0.717) is 23.1 Å². The van der Waals surface area contributed by atoms with E-state index >= 15 is 0 Å². The van der Waals surface area contributed by atoms with Crippen LogP contribution in [-0.2, 0) is 5.41 Å². The molecule has 11 rings (SSSR count). The van der Waals surface area contributed by atoms with Gasteiger partial charge < -0.3 is 4.42 Å². The first-order valence-electron chi connectivity index (χ1n) is 18.8. The number of aromatic nitrogens is 4. The van der Waals surface area contributed by atoms with Crippen LogP contribution in [0.2, 0.25) is 0 Å². The predicted molar refractivity (Wildman–Crippen MR) is 224 cm³/mol. The molecule has 0 N–H and O–H groups in total. The van der Waals surface area contributed by atoms with Gasteiger partial charge in [0.05, 0.1) is 11.6 Å². The summed E-state index contributed by atoms with van der Waals surface area (Å²) < 4.78 is 6.47. The van der Waals surface area contributed by atoms with Crippen LogP contribution in [0.25, 0.3) is 78.4 Å². The lowest BCUT2D eigenvalue weighted by Crippen LogP contribution is -2.28. The fourth-order valence-electron chi connectivity index (χ4n) is 8.63. The van der Waals surface area contributed by atoms with E-state index in [0.717, 1.165) is 44.2 Å². The molecule has 1 aliphatic rings.